The highest BCUT2D eigenvalue weighted by Gasteiger charge is 2.35. The van der Waals surface area contributed by atoms with Crippen LogP contribution in [0.3, 0.4) is 0 Å². The van der Waals surface area contributed by atoms with Crippen molar-refractivity contribution in [3.05, 3.63) is 153 Å². The summed E-state index contributed by atoms with van der Waals surface area (Å²) in [6, 6.07) is 30.6. The topological polar surface area (TPSA) is 69.9 Å². The number of hydrogen-bond donors (Lipinski definition) is 0. The zero-order valence-corrected chi connectivity index (χ0v) is 30.3. The Labute approximate surface area is 296 Å². The van der Waals surface area contributed by atoms with Crippen LogP contribution in [0.25, 0.3) is 11.8 Å². The summed E-state index contributed by atoms with van der Waals surface area (Å²) in [6.45, 7) is 2.35. The van der Waals surface area contributed by atoms with E-state index < -0.39 is 12.0 Å². The van der Waals surface area contributed by atoms with Gasteiger partial charge in [-0.3, -0.25) is 9.36 Å². The first-order chi connectivity index (χ1) is 22.4. The average Bonchev–Trinajstić information content (AvgIpc) is 3.38. The highest BCUT2D eigenvalue weighted by atomic mass is 127. The third-order valence-corrected chi connectivity index (χ3v) is 10.3. The minimum atomic E-state index is -0.736. The molecule has 1 aliphatic heterocycles. The van der Waals surface area contributed by atoms with Gasteiger partial charge in [0, 0.05) is 20.5 Å². The smallest absolute Gasteiger partial charge is 0.338 e. The molecule has 0 bridgehead atoms. The van der Waals surface area contributed by atoms with E-state index in [-0.39, 0.29) is 12.2 Å². The summed E-state index contributed by atoms with van der Waals surface area (Å²) in [6.07, 6.45) is 3.86. The maximum absolute atomic E-state index is 14.4. The van der Waals surface area contributed by atoms with Crippen LogP contribution in [0.4, 0.5) is 0 Å². The minimum Gasteiger partial charge on any atom is -0.487 e. The maximum Gasteiger partial charge on any atom is 0.338 e. The third kappa shape index (κ3) is 6.80. The molecular formula is C36H28BrIN2O4S2. The Hall–Kier alpha value is -3.45. The van der Waals surface area contributed by atoms with Crippen molar-refractivity contribution in [2.45, 2.75) is 24.5 Å². The fourth-order valence-corrected chi connectivity index (χ4v) is 8.36. The van der Waals surface area contributed by atoms with Gasteiger partial charge in [-0.15, -0.1) is 11.8 Å². The van der Waals surface area contributed by atoms with Crippen LogP contribution in [-0.4, -0.2) is 23.4 Å². The molecule has 46 heavy (non-hydrogen) atoms. The molecule has 0 saturated heterocycles. The van der Waals surface area contributed by atoms with E-state index >= 15 is 0 Å². The number of carbonyl (C=O) groups is 1. The maximum atomic E-state index is 14.4. The van der Waals surface area contributed by atoms with Gasteiger partial charge in [0.15, 0.2) is 4.80 Å². The van der Waals surface area contributed by atoms with E-state index in [2.05, 4.69) is 38.5 Å². The normalized spacial score (nSPS) is 14.5. The van der Waals surface area contributed by atoms with Gasteiger partial charge in [0.2, 0.25) is 0 Å². The number of benzene rings is 4. The van der Waals surface area contributed by atoms with Gasteiger partial charge >= 0.3 is 5.97 Å². The largest absolute Gasteiger partial charge is 0.487 e. The zero-order valence-electron chi connectivity index (χ0n) is 24.9. The number of aromatic nitrogens is 1. The van der Waals surface area contributed by atoms with Gasteiger partial charge in [-0.2, -0.15) is 0 Å². The Morgan fingerprint density at radius 2 is 1.74 bits per heavy atom. The highest BCUT2D eigenvalue weighted by molar-refractivity contribution is 14.1. The summed E-state index contributed by atoms with van der Waals surface area (Å²) in [5.41, 5.74) is 3.93. The number of rotatable bonds is 9. The van der Waals surface area contributed by atoms with E-state index in [1.54, 1.807) is 23.3 Å². The molecule has 0 amide bonds. The molecule has 4 aromatic carbocycles. The van der Waals surface area contributed by atoms with Crippen LogP contribution in [0, 0.1) is 3.57 Å². The number of hydrogen-bond acceptors (Lipinski definition) is 7. The van der Waals surface area contributed by atoms with Gasteiger partial charge in [-0.05, 0) is 77.2 Å². The Kier molecular flexibility index (Phi) is 10.3. The fraction of sp³-hybridized carbons (Fsp3) is 0.139. The van der Waals surface area contributed by atoms with Crippen LogP contribution < -0.4 is 19.6 Å². The SMILES string of the molecule is CCOC(=O)C1=C(c2ccccc2)N=c2s/c(=C\c3cc(Br)cc(I)c3OCc3ccccc3)c(=O)n2[C@@H]1c1ccc(SC)cc1. The lowest BCUT2D eigenvalue weighted by Crippen LogP contribution is -2.40. The number of fused-ring (bicyclic) bond motifs is 1. The molecule has 0 spiro atoms. The second-order valence-corrected chi connectivity index (χ2v) is 14.3. The second-order valence-electron chi connectivity index (χ2n) is 10.3. The lowest BCUT2D eigenvalue weighted by atomic mass is 9.93. The molecule has 1 aliphatic rings. The van der Waals surface area contributed by atoms with Gasteiger partial charge in [0.1, 0.15) is 12.4 Å². The Balaban J connectivity index is 1.57. The molecular weight excluding hydrogens is 795 g/mol. The Morgan fingerprint density at radius 3 is 2.41 bits per heavy atom. The average molecular weight is 824 g/mol. The first kappa shape index (κ1) is 32.5. The number of carbonyl (C=O) groups excluding carboxylic acids is 1. The molecule has 0 N–H and O–H groups in total. The Morgan fingerprint density at radius 1 is 1.04 bits per heavy atom. The van der Waals surface area contributed by atoms with Crippen molar-refractivity contribution in [3.8, 4) is 5.75 Å². The number of halogens is 2. The minimum absolute atomic E-state index is 0.195. The van der Waals surface area contributed by atoms with Crippen molar-refractivity contribution in [1.82, 2.24) is 4.57 Å². The summed E-state index contributed by atoms with van der Waals surface area (Å²) in [5.74, 6) is 0.177. The molecule has 2 heterocycles. The van der Waals surface area contributed by atoms with Crippen molar-refractivity contribution in [1.29, 1.82) is 0 Å². The van der Waals surface area contributed by atoms with E-state index in [0.717, 1.165) is 35.2 Å². The number of thioether (sulfide) groups is 1. The quantitative estimate of drug-likeness (QED) is 0.0871. The van der Waals surface area contributed by atoms with Crippen LogP contribution in [0.5, 0.6) is 5.75 Å². The van der Waals surface area contributed by atoms with Gasteiger partial charge in [-0.25, -0.2) is 9.79 Å². The summed E-state index contributed by atoms with van der Waals surface area (Å²) in [5, 5.41) is 0. The van der Waals surface area contributed by atoms with Gasteiger partial charge in [-0.1, -0.05) is 100 Å². The third-order valence-electron chi connectivity index (χ3n) is 7.35. The molecule has 0 fully saturated rings. The summed E-state index contributed by atoms with van der Waals surface area (Å²) in [4.78, 5) is 34.7. The molecule has 1 atom stereocenters. The zero-order chi connectivity index (χ0) is 32.2. The van der Waals surface area contributed by atoms with E-state index in [1.807, 2.05) is 109 Å². The van der Waals surface area contributed by atoms with Gasteiger partial charge in [0.05, 0.1) is 32.0 Å². The van der Waals surface area contributed by atoms with Crippen LogP contribution in [0.1, 0.15) is 35.2 Å². The van der Waals surface area contributed by atoms with Crippen molar-refractivity contribution < 1.29 is 14.3 Å². The number of esters is 1. The lowest BCUT2D eigenvalue weighted by Gasteiger charge is -2.26. The van der Waals surface area contributed by atoms with Crippen molar-refractivity contribution in [3.63, 3.8) is 0 Å². The molecule has 6 nitrogen and oxygen atoms in total. The van der Waals surface area contributed by atoms with E-state index in [1.165, 1.54) is 11.3 Å². The van der Waals surface area contributed by atoms with Crippen LogP contribution >= 0.6 is 61.6 Å². The summed E-state index contributed by atoms with van der Waals surface area (Å²) < 4.78 is 15.8. The van der Waals surface area contributed by atoms with E-state index in [4.69, 9.17) is 14.5 Å². The van der Waals surface area contributed by atoms with Crippen molar-refractivity contribution in [2.24, 2.45) is 4.99 Å². The Bertz CT molecular complexity index is 2110. The van der Waals surface area contributed by atoms with E-state index in [9.17, 15) is 9.59 Å². The molecule has 0 saturated carbocycles. The number of ether oxygens (including phenoxy) is 2. The monoisotopic (exact) mass is 822 g/mol. The first-order valence-electron chi connectivity index (χ1n) is 14.5. The molecule has 6 rings (SSSR count). The fourth-order valence-electron chi connectivity index (χ4n) is 5.25. The lowest BCUT2D eigenvalue weighted by molar-refractivity contribution is -0.138. The first-order valence-corrected chi connectivity index (χ1v) is 18.4. The molecule has 0 unspecified atom stereocenters. The molecule has 232 valence electrons. The molecule has 0 radical (unpaired) electrons. The van der Waals surface area contributed by atoms with Crippen LogP contribution in [-0.2, 0) is 16.1 Å². The van der Waals surface area contributed by atoms with Crippen molar-refractivity contribution >= 4 is 79.4 Å². The van der Waals surface area contributed by atoms with Gasteiger partial charge in [0.25, 0.3) is 5.56 Å². The summed E-state index contributed by atoms with van der Waals surface area (Å²) in [7, 11) is 0. The molecule has 1 aromatic heterocycles. The predicted molar refractivity (Wildman–Crippen MR) is 197 cm³/mol. The molecule has 5 aromatic rings. The number of thiazole rings is 1. The predicted octanol–water partition coefficient (Wildman–Crippen LogP) is 7.60. The van der Waals surface area contributed by atoms with Gasteiger partial charge < -0.3 is 9.47 Å². The van der Waals surface area contributed by atoms with E-state index in [0.29, 0.717) is 33.0 Å². The summed E-state index contributed by atoms with van der Waals surface area (Å²) >= 11 is 8.78. The molecule has 10 heteroatoms. The standard InChI is InChI=1S/C36H28BrIN2O4S2/c1-3-43-35(42)30-31(23-12-8-5-9-13-23)39-36-40(32(30)24-14-16-27(45-2)17-15-24)34(41)29(46-36)19-25-18-26(37)20-28(38)33(25)44-21-22-10-6-4-7-11-22/h4-20,32H,3,21H2,1-2H3/b29-19-/t32-/m1/s1. The van der Waals surface area contributed by atoms with Crippen LogP contribution in [0.15, 0.2) is 122 Å². The highest BCUT2D eigenvalue weighted by Crippen LogP contribution is 2.36. The second kappa shape index (κ2) is 14.5. The number of nitrogens with zero attached hydrogens (tertiary/aromatic N) is 2. The molecule has 0 aliphatic carbocycles. The van der Waals surface area contributed by atoms with Crippen molar-refractivity contribution in [2.75, 3.05) is 12.9 Å². The van der Waals surface area contributed by atoms with Crippen LogP contribution in [0.2, 0.25) is 0 Å².